The third-order valence-electron chi connectivity index (χ3n) is 3.50. The highest BCUT2D eigenvalue weighted by Gasteiger charge is 2.17. The lowest BCUT2D eigenvalue weighted by atomic mass is 10.2. The summed E-state index contributed by atoms with van der Waals surface area (Å²) in [5.74, 6) is -0.125. The summed E-state index contributed by atoms with van der Waals surface area (Å²) < 4.78 is 15.7. The number of non-ortho nitro benzene ring substituents is 1. The predicted molar refractivity (Wildman–Crippen MR) is 93.5 cm³/mol. The number of hydrogen-bond donors (Lipinski definition) is 0. The van der Waals surface area contributed by atoms with Gasteiger partial charge in [0, 0.05) is 22.7 Å². The number of nitro groups is 1. The van der Waals surface area contributed by atoms with E-state index in [1.165, 1.54) is 37.4 Å². The summed E-state index contributed by atoms with van der Waals surface area (Å²) in [7, 11) is 1.43. The van der Waals surface area contributed by atoms with Crippen molar-refractivity contribution in [3.63, 3.8) is 0 Å². The summed E-state index contributed by atoms with van der Waals surface area (Å²) >= 11 is 5.89. The minimum absolute atomic E-state index is 0.0529. The molecular formula is C17H12ClN3O6. The lowest BCUT2D eigenvalue weighted by Crippen LogP contribution is -2.07. The molecule has 9 nitrogen and oxygen atoms in total. The number of methoxy groups -OCH3 is 1. The van der Waals surface area contributed by atoms with E-state index in [2.05, 4.69) is 10.2 Å². The van der Waals surface area contributed by atoms with E-state index in [0.717, 1.165) is 0 Å². The molecule has 0 aliphatic heterocycles. The van der Waals surface area contributed by atoms with Gasteiger partial charge in [0.25, 0.3) is 11.6 Å². The Morgan fingerprint density at radius 1 is 1.22 bits per heavy atom. The molecule has 0 spiro atoms. The summed E-state index contributed by atoms with van der Waals surface area (Å²) in [6.07, 6.45) is 0. The highest BCUT2D eigenvalue weighted by Crippen LogP contribution is 2.24. The lowest BCUT2D eigenvalue weighted by molar-refractivity contribution is -0.384. The molecule has 0 saturated heterocycles. The topological polar surface area (TPSA) is 118 Å². The van der Waals surface area contributed by atoms with Crippen molar-refractivity contribution in [2.24, 2.45) is 0 Å². The van der Waals surface area contributed by atoms with Gasteiger partial charge in [-0.3, -0.25) is 10.1 Å². The van der Waals surface area contributed by atoms with Crippen LogP contribution in [0.1, 0.15) is 16.2 Å². The van der Waals surface area contributed by atoms with Crippen LogP contribution in [0.3, 0.4) is 0 Å². The van der Waals surface area contributed by atoms with Crippen molar-refractivity contribution in [3.8, 4) is 17.2 Å². The van der Waals surface area contributed by atoms with Gasteiger partial charge in [0.15, 0.2) is 6.61 Å². The summed E-state index contributed by atoms with van der Waals surface area (Å²) in [5.41, 5.74) is 0.616. The monoisotopic (exact) mass is 389 g/mol. The van der Waals surface area contributed by atoms with E-state index in [9.17, 15) is 14.9 Å². The fraction of sp³-hybridized carbons (Fsp3) is 0.118. The molecular weight excluding hydrogens is 378 g/mol. The van der Waals surface area contributed by atoms with E-state index in [1.54, 1.807) is 12.1 Å². The molecule has 3 rings (SSSR count). The number of esters is 1. The Morgan fingerprint density at radius 2 is 1.96 bits per heavy atom. The number of aromatic nitrogens is 2. The first-order chi connectivity index (χ1) is 13.0. The van der Waals surface area contributed by atoms with E-state index in [-0.39, 0.29) is 29.6 Å². The molecule has 0 amide bonds. The van der Waals surface area contributed by atoms with Crippen molar-refractivity contribution >= 4 is 23.3 Å². The summed E-state index contributed by atoms with van der Waals surface area (Å²) in [6, 6.07) is 10.2. The normalized spacial score (nSPS) is 10.4. The first-order valence-electron chi connectivity index (χ1n) is 7.56. The molecule has 0 aliphatic carbocycles. The van der Waals surface area contributed by atoms with E-state index >= 15 is 0 Å². The lowest BCUT2D eigenvalue weighted by Gasteiger charge is -2.07. The van der Waals surface area contributed by atoms with Crippen molar-refractivity contribution in [2.45, 2.75) is 6.61 Å². The van der Waals surface area contributed by atoms with Crippen LogP contribution in [0.4, 0.5) is 5.69 Å². The van der Waals surface area contributed by atoms with Gasteiger partial charge in [0.2, 0.25) is 5.89 Å². The maximum atomic E-state index is 12.2. The average Bonchev–Trinajstić information content (AvgIpc) is 3.15. The molecule has 0 aliphatic rings. The molecule has 138 valence electrons. The van der Waals surface area contributed by atoms with Gasteiger partial charge in [0.1, 0.15) is 11.3 Å². The van der Waals surface area contributed by atoms with Crippen molar-refractivity contribution in [1.29, 1.82) is 0 Å². The van der Waals surface area contributed by atoms with Gasteiger partial charge in [-0.2, -0.15) is 0 Å². The predicted octanol–water partition coefficient (Wildman–Crippen LogP) is 3.66. The fourth-order valence-corrected chi connectivity index (χ4v) is 2.37. The Hall–Kier alpha value is -3.46. The second kappa shape index (κ2) is 7.83. The van der Waals surface area contributed by atoms with Crippen molar-refractivity contribution in [1.82, 2.24) is 10.2 Å². The van der Waals surface area contributed by atoms with Gasteiger partial charge < -0.3 is 13.9 Å². The van der Waals surface area contributed by atoms with Crippen LogP contribution < -0.4 is 4.74 Å². The molecule has 0 radical (unpaired) electrons. The van der Waals surface area contributed by atoms with Gasteiger partial charge in [-0.05, 0) is 30.3 Å². The zero-order valence-corrected chi connectivity index (χ0v) is 14.7. The molecule has 0 fully saturated rings. The number of ether oxygens (including phenoxy) is 2. The maximum absolute atomic E-state index is 12.2. The highest BCUT2D eigenvalue weighted by atomic mass is 35.5. The van der Waals surface area contributed by atoms with Gasteiger partial charge in [-0.25, -0.2) is 4.79 Å². The zero-order chi connectivity index (χ0) is 19.4. The number of rotatable bonds is 6. The second-order valence-electron chi connectivity index (χ2n) is 5.23. The number of nitrogens with zero attached hydrogens (tertiary/aromatic N) is 3. The summed E-state index contributed by atoms with van der Waals surface area (Å²) in [6.45, 7) is -0.255. The van der Waals surface area contributed by atoms with E-state index in [0.29, 0.717) is 16.3 Å². The van der Waals surface area contributed by atoms with Gasteiger partial charge in [0.05, 0.1) is 12.0 Å². The minimum atomic E-state index is -0.663. The molecule has 0 N–H and O–H groups in total. The Morgan fingerprint density at radius 3 is 2.63 bits per heavy atom. The Balaban J connectivity index is 1.68. The third kappa shape index (κ3) is 4.21. The van der Waals surface area contributed by atoms with Crippen molar-refractivity contribution in [2.75, 3.05) is 7.11 Å². The maximum Gasteiger partial charge on any atom is 0.342 e. The van der Waals surface area contributed by atoms with E-state index in [4.69, 9.17) is 25.5 Å². The molecule has 27 heavy (non-hydrogen) atoms. The molecule has 3 aromatic rings. The van der Waals surface area contributed by atoms with Gasteiger partial charge in [-0.1, -0.05) is 11.6 Å². The van der Waals surface area contributed by atoms with Gasteiger partial charge >= 0.3 is 5.97 Å². The summed E-state index contributed by atoms with van der Waals surface area (Å²) in [5, 5.41) is 18.7. The fourth-order valence-electron chi connectivity index (χ4n) is 2.20. The van der Waals surface area contributed by atoms with Crippen LogP contribution in [-0.4, -0.2) is 28.2 Å². The quantitative estimate of drug-likeness (QED) is 0.356. The van der Waals surface area contributed by atoms with Crippen molar-refractivity contribution < 1.29 is 23.6 Å². The third-order valence-corrected chi connectivity index (χ3v) is 3.74. The second-order valence-corrected chi connectivity index (χ2v) is 5.66. The first kappa shape index (κ1) is 18.3. The average molecular weight is 390 g/mol. The highest BCUT2D eigenvalue weighted by molar-refractivity contribution is 6.31. The smallest absolute Gasteiger partial charge is 0.342 e. The number of nitro benzene ring substituents is 1. The van der Waals surface area contributed by atoms with E-state index in [1.807, 2.05) is 0 Å². The number of carbonyl (C=O) groups is 1. The Bertz CT molecular complexity index is 987. The largest absolute Gasteiger partial charge is 0.496 e. The SMILES string of the molecule is COc1ccc(Cl)cc1C(=O)OCc1nnc(-c2ccc([N+](=O)[O-])cc2)o1. The zero-order valence-electron chi connectivity index (χ0n) is 13.9. The molecule has 2 aromatic carbocycles. The minimum Gasteiger partial charge on any atom is -0.496 e. The molecule has 1 aromatic heterocycles. The molecule has 0 saturated carbocycles. The number of benzene rings is 2. The molecule has 0 bridgehead atoms. The Labute approximate surface area is 157 Å². The van der Waals surface area contributed by atoms with Crippen LogP contribution in [0.2, 0.25) is 5.02 Å². The number of halogens is 1. The Kier molecular flexibility index (Phi) is 5.32. The molecule has 0 unspecified atom stereocenters. The van der Waals surface area contributed by atoms with Crippen LogP contribution in [0.25, 0.3) is 11.5 Å². The first-order valence-corrected chi connectivity index (χ1v) is 7.93. The van der Waals surface area contributed by atoms with E-state index < -0.39 is 10.9 Å². The number of hydrogen-bond acceptors (Lipinski definition) is 8. The van der Waals surface area contributed by atoms with Gasteiger partial charge in [-0.15, -0.1) is 10.2 Å². The molecule has 10 heteroatoms. The standard InChI is InChI=1S/C17H12ClN3O6/c1-25-14-7-4-11(18)8-13(14)17(22)26-9-15-19-20-16(27-15)10-2-5-12(6-3-10)21(23)24/h2-8H,9H2,1H3. The van der Waals surface area contributed by atoms with Crippen LogP contribution in [0, 0.1) is 10.1 Å². The molecule has 1 heterocycles. The number of carbonyl (C=O) groups excluding carboxylic acids is 1. The molecule has 0 atom stereocenters. The van der Waals surface area contributed by atoms with Crippen LogP contribution in [0.15, 0.2) is 46.9 Å². The summed E-state index contributed by atoms with van der Waals surface area (Å²) in [4.78, 5) is 22.4. The van der Waals surface area contributed by atoms with Crippen molar-refractivity contribution in [3.05, 3.63) is 69.1 Å². The van der Waals surface area contributed by atoms with Crippen LogP contribution in [-0.2, 0) is 11.3 Å². The van der Waals surface area contributed by atoms with Crippen LogP contribution in [0.5, 0.6) is 5.75 Å². The van der Waals surface area contributed by atoms with Crippen LogP contribution >= 0.6 is 11.6 Å².